The van der Waals surface area contributed by atoms with Crippen LogP contribution < -0.4 is 4.74 Å². The second-order valence-corrected chi connectivity index (χ2v) is 6.21. The molecule has 110 valence electrons. The average Bonchev–Trinajstić information content (AvgIpc) is 2.76. The zero-order valence-electron chi connectivity index (χ0n) is 12.2. The highest BCUT2D eigenvalue weighted by atomic mass is 32.2. The van der Waals surface area contributed by atoms with Crippen molar-refractivity contribution in [3.05, 3.63) is 29.8 Å². The summed E-state index contributed by atoms with van der Waals surface area (Å²) in [5.41, 5.74) is 1.14. The van der Waals surface area contributed by atoms with Crippen LogP contribution in [0.4, 0.5) is 0 Å². The molecule has 20 heavy (non-hydrogen) atoms. The van der Waals surface area contributed by atoms with E-state index in [0.717, 1.165) is 24.3 Å². The molecule has 1 aromatic carbocycles. The summed E-state index contributed by atoms with van der Waals surface area (Å²) in [5, 5.41) is 0.116. The average molecular weight is 295 g/mol. The number of carbonyl (C=O) groups excluding carboxylic acids is 1. The summed E-state index contributed by atoms with van der Waals surface area (Å²) in [5.74, 6) is 1.05. The van der Waals surface area contributed by atoms with Gasteiger partial charge in [0.1, 0.15) is 11.1 Å². The first-order valence-corrected chi connectivity index (χ1v) is 7.70. The van der Waals surface area contributed by atoms with Crippen LogP contribution in [0.25, 0.3) is 0 Å². The van der Waals surface area contributed by atoms with Crippen molar-refractivity contribution in [3.8, 4) is 5.75 Å². The lowest BCUT2D eigenvalue weighted by Gasteiger charge is -2.24. The van der Waals surface area contributed by atoms with Crippen LogP contribution in [0.3, 0.4) is 0 Å². The number of amides is 1. The van der Waals surface area contributed by atoms with Crippen LogP contribution in [-0.2, 0) is 9.53 Å². The quantitative estimate of drug-likeness (QED) is 0.756. The normalized spacial score (nSPS) is 22.4. The molecule has 1 aliphatic rings. The fourth-order valence-electron chi connectivity index (χ4n) is 2.31. The molecule has 1 aromatic rings. The van der Waals surface area contributed by atoms with Crippen LogP contribution in [0.2, 0.25) is 0 Å². The van der Waals surface area contributed by atoms with Gasteiger partial charge < -0.3 is 14.4 Å². The Hall–Kier alpha value is -1.20. The maximum atomic E-state index is 12.2. The van der Waals surface area contributed by atoms with Gasteiger partial charge in [0.25, 0.3) is 0 Å². The van der Waals surface area contributed by atoms with E-state index in [0.29, 0.717) is 6.61 Å². The summed E-state index contributed by atoms with van der Waals surface area (Å²) in [4.78, 5) is 14.2. The fourth-order valence-corrected chi connectivity index (χ4v) is 3.62. The van der Waals surface area contributed by atoms with Crippen molar-refractivity contribution in [2.75, 3.05) is 27.4 Å². The topological polar surface area (TPSA) is 38.8 Å². The van der Waals surface area contributed by atoms with Crippen LogP contribution in [0.5, 0.6) is 5.75 Å². The minimum absolute atomic E-state index is 0.0182. The van der Waals surface area contributed by atoms with E-state index in [4.69, 9.17) is 9.47 Å². The Bertz CT molecular complexity index is 449. The predicted octanol–water partition coefficient (Wildman–Crippen LogP) is 2.69. The van der Waals surface area contributed by atoms with Gasteiger partial charge in [-0.15, -0.1) is 11.8 Å². The van der Waals surface area contributed by atoms with Crippen molar-refractivity contribution in [1.29, 1.82) is 0 Å². The van der Waals surface area contributed by atoms with Gasteiger partial charge in [0.15, 0.2) is 0 Å². The lowest BCUT2D eigenvalue weighted by atomic mass is 10.2. The third kappa shape index (κ3) is 3.27. The molecule has 0 spiro atoms. The molecule has 1 fully saturated rings. The third-order valence-corrected chi connectivity index (χ3v) is 4.79. The lowest BCUT2D eigenvalue weighted by molar-refractivity contribution is -0.130. The number of thioether (sulfide) groups is 1. The first-order chi connectivity index (χ1) is 9.67. The SMILES string of the molecule is COCCCN1C(=O)C(C)SC1c1ccc(OC)cc1. The molecule has 0 aromatic heterocycles. The number of carbonyl (C=O) groups is 1. The van der Waals surface area contributed by atoms with E-state index < -0.39 is 0 Å². The zero-order valence-corrected chi connectivity index (χ0v) is 13.0. The number of rotatable bonds is 6. The second kappa shape index (κ2) is 6.99. The Morgan fingerprint density at radius 1 is 1.25 bits per heavy atom. The Morgan fingerprint density at radius 2 is 1.95 bits per heavy atom. The Balaban J connectivity index is 2.12. The molecule has 0 radical (unpaired) electrons. The summed E-state index contributed by atoms with van der Waals surface area (Å²) in [7, 11) is 3.34. The van der Waals surface area contributed by atoms with Gasteiger partial charge in [-0.2, -0.15) is 0 Å². The lowest BCUT2D eigenvalue weighted by Crippen LogP contribution is -2.31. The second-order valence-electron chi connectivity index (χ2n) is 4.78. The van der Waals surface area contributed by atoms with Crippen molar-refractivity contribution >= 4 is 17.7 Å². The number of ether oxygens (including phenoxy) is 2. The van der Waals surface area contributed by atoms with E-state index in [1.807, 2.05) is 36.1 Å². The molecule has 2 rings (SSSR count). The molecule has 1 saturated heterocycles. The third-order valence-electron chi connectivity index (χ3n) is 3.40. The number of hydrogen-bond donors (Lipinski definition) is 0. The van der Waals surface area contributed by atoms with Gasteiger partial charge >= 0.3 is 0 Å². The molecular formula is C15H21NO3S. The highest BCUT2D eigenvalue weighted by Gasteiger charge is 2.37. The van der Waals surface area contributed by atoms with E-state index >= 15 is 0 Å². The summed E-state index contributed by atoms with van der Waals surface area (Å²) in [6.45, 7) is 3.39. The highest BCUT2D eigenvalue weighted by molar-refractivity contribution is 8.01. The van der Waals surface area contributed by atoms with E-state index in [-0.39, 0.29) is 16.5 Å². The Kier molecular flexibility index (Phi) is 5.31. The fraction of sp³-hybridized carbons (Fsp3) is 0.533. The molecule has 2 atom stereocenters. The van der Waals surface area contributed by atoms with E-state index in [1.165, 1.54) is 0 Å². The van der Waals surface area contributed by atoms with Crippen molar-refractivity contribution < 1.29 is 14.3 Å². The number of nitrogens with zero attached hydrogens (tertiary/aromatic N) is 1. The Labute approximate surface area is 124 Å². The van der Waals surface area contributed by atoms with Crippen LogP contribution >= 0.6 is 11.8 Å². The molecule has 5 heteroatoms. The van der Waals surface area contributed by atoms with Gasteiger partial charge in [0, 0.05) is 20.3 Å². The van der Waals surface area contributed by atoms with Gasteiger partial charge in [0.05, 0.1) is 12.4 Å². The molecule has 0 N–H and O–H groups in total. The highest BCUT2D eigenvalue weighted by Crippen LogP contribution is 2.43. The van der Waals surface area contributed by atoms with Crippen LogP contribution in [0.15, 0.2) is 24.3 Å². The Morgan fingerprint density at radius 3 is 2.55 bits per heavy atom. The molecule has 1 amide bonds. The maximum absolute atomic E-state index is 12.2. The largest absolute Gasteiger partial charge is 0.497 e. The van der Waals surface area contributed by atoms with E-state index in [1.54, 1.807) is 26.0 Å². The van der Waals surface area contributed by atoms with E-state index in [2.05, 4.69) is 0 Å². The number of hydrogen-bond acceptors (Lipinski definition) is 4. The maximum Gasteiger partial charge on any atom is 0.236 e. The predicted molar refractivity (Wildman–Crippen MR) is 81.0 cm³/mol. The monoisotopic (exact) mass is 295 g/mol. The molecule has 4 nitrogen and oxygen atoms in total. The van der Waals surface area contributed by atoms with Gasteiger partial charge in [0.2, 0.25) is 5.91 Å². The zero-order chi connectivity index (χ0) is 14.5. The molecule has 0 saturated carbocycles. The number of benzene rings is 1. The summed E-state index contributed by atoms with van der Waals surface area (Å²) in [6, 6.07) is 7.95. The van der Waals surface area contributed by atoms with Gasteiger partial charge in [-0.05, 0) is 31.0 Å². The first kappa shape index (κ1) is 15.2. The number of methoxy groups -OCH3 is 2. The first-order valence-electron chi connectivity index (χ1n) is 6.76. The van der Waals surface area contributed by atoms with Crippen LogP contribution in [0, 0.1) is 0 Å². The minimum Gasteiger partial charge on any atom is -0.497 e. The van der Waals surface area contributed by atoms with Crippen LogP contribution in [-0.4, -0.2) is 43.4 Å². The van der Waals surface area contributed by atoms with Gasteiger partial charge in [-0.25, -0.2) is 0 Å². The standard InChI is InChI=1S/C15H21NO3S/c1-11-14(17)16(9-4-10-18-2)15(20-11)12-5-7-13(19-3)8-6-12/h5-8,11,15H,4,9-10H2,1-3H3. The smallest absolute Gasteiger partial charge is 0.236 e. The molecule has 0 aliphatic carbocycles. The molecule has 0 bridgehead atoms. The van der Waals surface area contributed by atoms with Gasteiger partial charge in [-0.1, -0.05) is 12.1 Å². The van der Waals surface area contributed by atoms with Crippen molar-refractivity contribution in [2.45, 2.75) is 24.0 Å². The molecule has 1 heterocycles. The van der Waals surface area contributed by atoms with E-state index in [9.17, 15) is 4.79 Å². The summed E-state index contributed by atoms with van der Waals surface area (Å²) in [6.07, 6.45) is 0.863. The molecule has 2 unspecified atom stereocenters. The summed E-state index contributed by atoms with van der Waals surface area (Å²) >= 11 is 1.70. The molecular weight excluding hydrogens is 274 g/mol. The summed E-state index contributed by atoms with van der Waals surface area (Å²) < 4.78 is 10.3. The molecule has 1 aliphatic heterocycles. The minimum atomic E-state index is 0.0182. The van der Waals surface area contributed by atoms with Crippen molar-refractivity contribution in [1.82, 2.24) is 4.90 Å². The van der Waals surface area contributed by atoms with Crippen molar-refractivity contribution in [3.63, 3.8) is 0 Å². The van der Waals surface area contributed by atoms with Gasteiger partial charge in [-0.3, -0.25) is 4.79 Å². The van der Waals surface area contributed by atoms with Crippen LogP contribution in [0.1, 0.15) is 24.3 Å². The van der Waals surface area contributed by atoms with Crippen molar-refractivity contribution in [2.24, 2.45) is 0 Å².